The first-order valence-electron chi connectivity index (χ1n) is 5.75. The fourth-order valence-electron chi connectivity index (χ4n) is 1.78. The van der Waals surface area contributed by atoms with Crippen molar-refractivity contribution < 1.29 is 9.59 Å². The molecule has 0 radical (unpaired) electrons. The van der Waals surface area contributed by atoms with Gasteiger partial charge in [0.1, 0.15) is 0 Å². The van der Waals surface area contributed by atoms with Crippen LogP contribution in [0.25, 0.3) is 0 Å². The molecule has 0 saturated heterocycles. The summed E-state index contributed by atoms with van der Waals surface area (Å²) in [5, 5.41) is 10.1. The predicted molar refractivity (Wildman–Crippen MR) is 66.6 cm³/mol. The van der Waals surface area contributed by atoms with E-state index in [0.717, 1.165) is 0 Å². The topological polar surface area (TPSA) is 70.9 Å². The highest BCUT2D eigenvalue weighted by molar-refractivity contribution is 5.98. The molecule has 1 heterocycles. The number of nitrogens with zero attached hydrogens (tertiary/aromatic N) is 2. The molecule has 0 aromatic rings. The summed E-state index contributed by atoms with van der Waals surface area (Å²) in [7, 11) is 0. The monoisotopic (exact) mass is 245 g/mol. The van der Waals surface area contributed by atoms with Crippen molar-refractivity contribution in [3.05, 3.63) is 35.6 Å². The van der Waals surface area contributed by atoms with Crippen LogP contribution < -0.4 is 5.32 Å². The number of amides is 2. The number of rotatable bonds is 1. The Kier molecular flexibility index (Phi) is 2.98. The van der Waals surface area contributed by atoms with E-state index in [-0.39, 0.29) is 23.1 Å². The Bertz CT molecular complexity index is 519. The van der Waals surface area contributed by atoms with Gasteiger partial charge in [-0.3, -0.25) is 9.59 Å². The summed E-state index contributed by atoms with van der Waals surface area (Å²) < 4.78 is 0. The molecule has 5 heteroatoms. The van der Waals surface area contributed by atoms with Crippen LogP contribution in [-0.2, 0) is 9.59 Å². The molecule has 1 atom stereocenters. The molecule has 1 unspecified atom stereocenters. The first kappa shape index (κ1) is 12.4. The van der Waals surface area contributed by atoms with Gasteiger partial charge in [0.05, 0.1) is 5.92 Å². The summed E-state index contributed by atoms with van der Waals surface area (Å²) in [6, 6.07) is 0. The Hall–Kier alpha value is -2.04. The first-order chi connectivity index (χ1) is 8.38. The van der Waals surface area contributed by atoms with Gasteiger partial charge in [-0.05, 0) is 20.8 Å². The van der Waals surface area contributed by atoms with Crippen molar-refractivity contribution in [3.63, 3.8) is 0 Å². The standard InChI is InChI=1S/C13H15N3O2/c1-13(2,3)14-12(18)10-8-6-4-5-7-9(8)11(17)16-15-10/h4-7,9H,1-3H3,(H,14,18). The van der Waals surface area contributed by atoms with Gasteiger partial charge in [-0.15, -0.1) is 10.2 Å². The third kappa shape index (κ3) is 2.45. The molecule has 5 nitrogen and oxygen atoms in total. The van der Waals surface area contributed by atoms with Crippen molar-refractivity contribution >= 4 is 11.8 Å². The Morgan fingerprint density at radius 2 is 2.00 bits per heavy atom. The van der Waals surface area contributed by atoms with Gasteiger partial charge in [0.2, 0.25) is 0 Å². The lowest BCUT2D eigenvalue weighted by molar-refractivity contribution is -0.120. The van der Waals surface area contributed by atoms with E-state index < -0.39 is 5.92 Å². The molecule has 2 rings (SSSR count). The van der Waals surface area contributed by atoms with Crippen LogP contribution in [0, 0.1) is 5.92 Å². The van der Waals surface area contributed by atoms with Crippen LogP contribution in [0.15, 0.2) is 45.8 Å². The summed E-state index contributed by atoms with van der Waals surface area (Å²) in [5.41, 5.74) is 0.472. The van der Waals surface area contributed by atoms with Gasteiger partial charge in [-0.2, -0.15) is 0 Å². The number of fused-ring (bicyclic) bond motifs is 1. The SMILES string of the molecule is CC(C)(C)NC(=O)C1=C2C=CC=CC2C(=O)N=N1. The van der Waals surface area contributed by atoms with Gasteiger partial charge in [0.15, 0.2) is 5.70 Å². The zero-order chi connectivity index (χ0) is 13.3. The highest BCUT2D eigenvalue weighted by Gasteiger charge is 2.31. The van der Waals surface area contributed by atoms with Crippen molar-refractivity contribution in [2.45, 2.75) is 26.3 Å². The molecule has 0 aromatic carbocycles. The molecule has 2 aliphatic rings. The molecule has 0 bridgehead atoms. The maximum Gasteiger partial charge on any atom is 0.276 e. The van der Waals surface area contributed by atoms with Crippen molar-refractivity contribution in [1.82, 2.24) is 5.32 Å². The summed E-state index contributed by atoms with van der Waals surface area (Å²) >= 11 is 0. The highest BCUT2D eigenvalue weighted by atomic mass is 16.2. The molecule has 0 fully saturated rings. The van der Waals surface area contributed by atoms with Crippen LogP contribution in [0.4, 0.5) is 0 Å². The van der Waals surface area contributed by atoms with E-state index in [1.54, 1.807) is 24.3 Å². The molecule has 1 N–H and O–H groups in total. The molecular weight excluding hydrogens is 230 g/mol. The molecule has 0 aromatic heterocycles. The maximum atomic E-state index is 12.1. The highest BCUT2D eigenvalue weighted by Crippen LogP contribution is 2.28. The fourth-order valence-corrected chi connectivity index (χ4v) is 1.78. The van der Waals surface area contributed by atoms with Crippen molar-refractivity contribution in [2.75, 3.05) is 0 Å². The quantitative estimate of drug-likeness (QED) is 0.766. The average molecular weight is 245 g/mol. The molecule has 1 aliphatic heterocycles. The molecule has 0 saturated carbocycles. The van der Waals surface area contributed by atoms with Gasteiger partial charge in [0, 0.05) is 11.1 Å². The number of nitrogens with one attached hydrogen (secondary N) is 1. The lowest BCUT2D eigenvalue weighted by Gasteiger charge is -2.23. The summed E-state index contributed by atoms with van der Waals surface area (Å²) in [6.07, 6.45) is 7.01. The Balaban J connectivity index is 2.35. The van der Waals surface area contributed by atoms with E-state index in [4.69, 9.17) is 0 Å². The molecule has 0 spiro atoms. The van der Waals surface area contributed by atoms with Crippen LogP contribution in [0.1, 0.15) is 20.8 Å². The molecule has 1 aliphatic carbocycles. The van der Waals surface area contributed by atoms with Crippen LogP contribution in [0.2, 0.25) is 0 Å². The van der Waals surface area contributed by atoms with E-state index in [9.17, 15) is 9.59 Å². The van der Waals surface area contributed by atoms with Crippen molar-refractivity contribution in [3.8, 4) is 0 Å². The summed E-state index contributed by atoms with van der Waals surface area (Å²) in [6.45, 7) is 5.65. The fraction of sp³-hybridized carbons (Fsp3) is 0.385. The third-order valence-corrected chi connectivity index (χ3v) is 2.52. The minimum atomic E-state index is -0.479. The number of hydrogen-bond acceptors (Lipinski definition) is 3. The average Bonchev–Trinajstić information content (AvgIpc) is 2.27. The number of hydrogen-bond donors (Lipinski definition) is 1. The zero-order valence-corrected chi connectivity index (χ0v) is 10.6. The lowest BCUT2D eigenvalue weighted by Crippen LogP contribution is -2.42. The predicted octanol–water partition coefficient (Wildman–Crippen LogP) is 1.89. The van der Waals surface area contributed by atoms with E-state index >= 15 is 0 Å². The number of allylic oxidation sites excluding steroid dienone is 3. The van der Waals surface area contributed by atoms with E-state index in [2.05, 4.69) is 15.5 Å². The van der Waals surface area contributed by atoms with Gasteiger partial charge in [0.25, 0.3) is 11.8 Å². The molecule has 2 amide bonds. The van der Waals surface area contributed by atoms with Crippen LogP contribution in [0.3, 0.4) is 0 Å². The van der Waals surface area contributed by atoms with E-state index in [1.165, 1.54) is 0 Å². The van der Waals surface area contributed by atoms with E-state index in [1.807, 2.05) is 20.8 Å². The summed E-state index contributed by atoms with van der Waals surface area (Å²) in [4.78, 5) is 23.7. The molecule has 18 heavy (non-hydrogen) atoms. The van der Waals surface area contributed by atoms with Gasteiger partial charge in [-0.1, -0.05) is 24.3 Å². The van der Waals surface area contributed by atoms with Crippen LogP contribution in [-0.4, -0.2) is 17.4 Å². The minimum Gasteiger partial charge on any atom is -0.346 e. The second-order valence-electron chi connectivity index (χ2n) is 5.27. The Morgan fingerprint density at radius 1 is 1.28 bits per heavy atom. The number of carbonyl (C=O) groups is 2. The van der Waals surface area contributed by atoms with Gasteiger partial charge in [-0.25, -0.2) is 0 Å². The largest absolute Gasteiger partial charge is 0.346 e. The number of azo groups is 1. The lowest BCUT2D eigenvalue weighted by atomic mass is 9.91. The smallest absolute Gasteiger partial charge is 0.276 e. The third-order valence-electron chi connectivity index (χ3n) is 2.52. The number of carbonyl (C=O) groups excluding carboxylic acids is 2. The van der Waals surface area contributed by atoms with Crippen LogP contribution in [0.5, 0.6) is 0 Å². The van der Waals surface area contributed by atoms with Gasteiger partial charge >= 0.3 is 0 Å². The zero-order valence-electron chi connectivity index (χ0n) is 10.6. The Morgan fingerprint density at radius 3 is 2.67 bits per heavy atom. The normalized spacial score (nSPS) is 22.2. The molecule has 94 valence electrons. The van der Waals surface area contributed by atoms with Crippen molar-refractivity contribution in [2.24, 2.45) is 16.1 Å². The molecular formula is C13H15N3O2. The Labute approximate surface area is 105 Å². The van der Waals surface area contributed by atoms with Crippen molar-refractivity contribution in [1.29, 1.82) is 0 Å². The van der Waals surface area contributed by atoms with E-state index in [0.29, 0.717) is 5.57 Å². The maximum absolute atomic E-state index is 12.1. The second-order valence-corrected chi connectivity index (χ2v) is 5.27. The first-order valence-corrected chi connectivity index (χ1v) is 5.75. The van der Waals surface area contributed by atoms with Crippen LogP contribution >= 0.6 is 0 Å². The minimum absolute atomic E-state index is 0.218. The summed E-state index contributed by atoms with van der Waals surface area (Å²) in [5.74, 6) is -1.12. The van der Waals surface area contributed by atoms with Gasteiger partial charge < -0.3 is 5.32 Å². The second kappa shape index (κ2) is 4.33.